The van der Waals surface area contributed by atoms with Crippen LogP contribution in [0.15, 0.2) is 42.6 Å². The van der Waals surface area contributed by atoms with Crippen molar-refractivity contribution in [1.82, 2.24) is 9.97 Å². The molecule has 3 aromatic rings. The van der Waals surface area contributed by atoms with Crippen LogP contribution in [-0.2, 0) is 6.42 Å². The zero-order valence-corrected chi connectivity index (χ0v) is 12.1. The van der Waals surface area contributed by atoms with Gasteiger partial charge in [0.05, 0.1) is 16.9 Å². The third-order valence-electron chi connectivity index (χ3n) is 3.39. The Morgan fingerprint density at radius 2 is 1.90 bits per heavy atom. The van der Waals surface area contributed by atoms with E-state index in [1.807, 2.05) is 43.3 Å². The molecule has 4 heteroatoms. The summed E-state index contributed by atoms with van der Waals surface area (Å²) < 4.78 is 6.07. The van der Waals surface area contributed by atoms with Gasteiger partial charge in [0.25, 0.3) is 0 Å². The van der Waals surface area contributed by atoms with Gasteiger partial charge in [0.2, 0.25) is 0 Å². The van der Waals surface area contributed by atoms with Gasteiger partial charge in [-0.25, -0.2) is 0 Å². The lowest BCUT2D eigenvalue weighted by atomic mass is 10.1. The van der Waals surface area contributed by atoms with Gasteiger partial charge in [-0.2, -0.15) is 0 Å². The SMILES string of the molecule is CCc1nc(C)ccc1Oc1ccc(N)c2ncccc12. The fourth-order valence-corrected chi connectivity index (χ4v) is 2.32. The topological polar surface area (TPSA) is 61.0 Å². The minimum Gasteiger partial charge on any atom is -0.455 e. The summed E-state index contributed by atoms with van der Waals surface area (Å²) in [5, 5.41) is 0.903. The van der Waals surface area contributed by atoms with Gasteiger partial charge in [-0.15, -0.1) is 0 Å². The molecule has 2 N–H and O–H groups in total. The van der Waals surface area contributed by atoms with Gasteiger partial charge in [-0.05, 0) is 49.7 Å². The first-order valence-corrected chi connectivity index (χ1v) is 6.96. The molecule has 0 saturated heterocycles. The molecule has 0 bridgehead atoms. The molecule has 0 amide bonds. The lowest BCUT2D eigenvalue weighted by molar-refractivity contribution is 0.478. The number of aryl methyl sites for hydroxylation is 2. The van der Waals surface area contributed by atoms with Crippen molar-refractivity contribution in [2.45, 2.75) is 20.3 Å². The quantitative estimate of drug-likeness (QED) is 0.739. The van der Waals surface area contributed by atoms with Crippen molar-refractivity contribution >= 4 is 16.6 Å². The Kier molecular flexibility index (Phi) is 3.44. The van der Waals surface area contributed by atoms with E-state index < -0.39 is 0 Å². The van der Waals surface area contributed by atoms with Crippen LogP contribution in [0.2, 0.25) is 0 Å². The molecule has 0 aliphatic heterocycles. The van der Waals surface area contributed by atoms with E-state index in [1.165, 1.54) is 0 Å². The van der Waals surface area contributed by atoms with E-state index in [0.717, 1.165) is 40.2 Å². The molecule has 21 heavy (non-hydrogen) atoms. The highest BCUT2D eigenvalue weighted by Crippen LogP contribution is 2.33. The molecular weight excluding hydrogens is 262 g/mol. The third-order valence-corrected chi connectivity index (χ3v) is 3.39. The number of hydrogen-bond donors (Lipinski definition) is 1. The van der Waals surface area contributed by atoms with Crippen molar-refractivity contribution in [1.29, 1.82) is 0 Å². The standard InChI is InChI=1S/C17H17N3O/c1-3-14-16(8-6-11(2)20-14)21-15-9-7-13(18)17-12(15)5-4-10-19-17/h4-10H,3,18H2,1-2H3. The second-order valence-electron chi connectivity index (χ2n) is 4.91. The average molecular weight is 279 g/mol. The van der Waals surface area contributed by atoms with E-state index in [9.17, 15) is 0 Å². The van der Waals surface area contributed by atoms with Crippen molar-refractivity contribution in [3.8, 4) is 11.5 Å². The van der Waals surface area contributed by atoms with Crippen molar-refractivity contribution in [3.63, 3.8) is 0 Å². The number of hydrogen-bond acceptors (Lipinski definition) is 4. The zero-order valence-electron chi connectivity index (χ0n) is 12.1. The van der Waals surface area contributed by atoms with Gasteiger partial charge < -0.3 is 10.5 Å². The molecule has 106 valence electrons. The van der Waals surface area contributed by atoms with E-state index in [1.54, 1.807) is 6.20 Å². The molecule has 3 rings (SSSR count). The summed E-state index contributed by atoms with van der Waals surface area (Å²) in [7, 11) is 0. The summed E-state index contributed by atoms with van der Waals surface area (Å²) in [5.41, 5.74) is 9.31. The van der Waals surface area contributed by atoms with E-state index in [0.29, 0.717) is 5.69 Å². The summed E-state index contributed by atoms with van der Waals surface area (Å²) in [6.45, 7) is 4.04. The van der Waals surface area contributed by atoms with Crippen LogP contribution in [0.4, 0.5) is 5.69 Å². The number of pyridine rings is 2. The van der Waals surface area contributed by atoms with Crippen LogP contribution in [-0.4, -0.2) is 9.97 Å². The maximum Gasteiger partial charge on any atom is 0.148 e. The number of aromatic nitrogens is 2. The van der Waals surface area contributed by atoms with Crippen LogP contribution >= 0.6 is 0 Å². The summed E-state index contributed by atoms with van der Waals surface area (Å²) in [6.07, 6.45) is 2.55. The molecule has 0 aliphatic carbocycles. The number of nitrogen functional groups attached to an aromatic ring is 1. The maximum atomic E-state index is 6.07. The van der Waals surface area contributed by atoms with Gasteiger partial charge in [0, 0.05) is 17.3 Å². The maximum absolute atomic E-state index is 6.07. The first-order valence-electron chi connectivity index (χ1n) is 6.96. The summed E-state index contributed by atoms with van der Waals surface area (Å²) >= 11 is 0. The zero-order chi connectivity index (χ0) is 14.8. The number of nitrogens with zero attached hydrogens (tertiary/aromatic N) is 2. The minimum atomic E-state index is 0.649. The van der Waals surface area contributed by atoms with Crippen molar-refractivity contribution < 1.29 is 4.74 Å². The molecule has 2 heterocycles. The van der Waals surface area contributed by atoms with Gasteiger partial charge in [-0.3, -0.25) is 9.97 Å². The Morgan fingerprint density at radius 1 is 1.10 bits per heavy atom. The highest BCUT2D eigenvalue weighted by Gasteiger charge is 2.10. The number of fused-ring (bicyclic) bond motifs is 1. The number of anilines is 1. The van der Waals surface area contributed by atoms with Crippen LogP contribution in [0.3, 0.4) is 0 Å². The fourth-order valence-electron chi connectivity index (χ4n) is 2.32. The van der Waals surface area contributed by atoms with E-state index >= 15 is 0 Å². The molecule has 0 unspecified atom stereocenters. The van der Waals surface area contributed by atoms with Crippen LogP contribution < -0.4 is 10.5 Å². The summed E-state index contributed by atoms with van der Waals surface area (Å²) in [5.74, 6) is 1.52. The highest BCUT2D eigenvalue weighted by molar-refractivity contribution is 5.93. The summed E-state index contributed by atoms with van der Waals surface area (Å²) in [6, 6.07) is 11.4. The van der Waals surface area contributed by atoms with Crippen LogP contribution in [0.5, 0.6) is 11.5 Å². The predicted molar refractivity (Wildman–Crippen MR) is 84.6 cm³/mol. The Hall–Kier alpha value is -2.62. The smallest absolute Gasteiger partial charge is 0.148 e. The molecule has 0 aliphatic rings. The molecule has 1 aromatic carbocycles. The normalized spacial score (nSPS) is 10.8. The second-order valence-corrected chi connectivity index (χ2v) is 4.91. The first kappa shape index (κ1) is 13.4. The average Bonchev–Trinajstić information content (AvgIpc) is 2.52. The minimum absolute atomic E-state index is 0.649. The first-order chi connectivity index (χ1) is 10.2. The van der Waals surface area contributed by atoms with Crippen molar-refractivity contribution in [2.24, 2.45) is 0 Å². The van der Waals surface area contributed by atoms with Gasteiger partial charge in [0.15, 0.2) is 0 Å². The van der Waals surface area contributed by atoms with E-state index in [-0.39, 0.29) is 0 Å². The third kappa shape index (κ3) is 2.52. The largest absolute Gasteiger partial charge is 0.455 e. The Morgan fingerprint density at radius 3 is 2.71 bits per heavy atom. The highest BCUT2D eigenvalue weighted by atomic mass is 16.5. The van der Waals surface area contributed by atoms with Gasteiger partial charge in [0.1, 0.15) is 11.5 Å². The van der Waals surface area contributed by atoms with Crippen LogP contribution in [0.1, 0.15) is 18.3 Å². The molecular formula is C17H17N3O. The van der Waals surface area contributed by atoms with Gasteiger partial charge >= 0.3 is 0 Å². The molecule has 0 fully saturated rings. The summed E-state index contributed by atoms with van der Waals surface area (Å²) in [4.78, 5) is 8.84. The Balaban J connectivity index is 2.09. The lowest BCUT2D eigenvalue weighted by Gasteiger charge is -2.12. The molecule has 0 saturated carbocycles. The Labute approximate surface area is 123 Å². The number of benzene rings is 1. The Bertz CT molecular complexity index is 799. The monoisotopic (exact) mass is 279 g/mol. The molecule has 4 nitrogen and oxygen atoms in total. The van der Waals surface area contributed by atoms with Crippen LogP contribution in [0, 0.1) is 6.92 Å². The van der Waals surface area contributed by atoms with E-state index in [4.69, 9.17) is 10.5 Å². The van der Waals surface area contributed by atoms with Crippen molar-refractivity contribution in [3.05, 3.63) is 54.0 Å². The van der Waals surface area contributed by atoms with E-state index in [2.05, 4.69) is 16.9 Å². The van der Waals surface area contributed by atoms with Gasteiger partial charge in [-0.1, -0.05) is 6.92 Å². The lowest BCUT2D eigenvalue weighted by Crippen LogP contribution is -1.97. The predicted octanol–water partition coefficient (Wildman–Crippen LogP) is 3.88. The number of ether oxygens (including phenoxy) is 1. The fraction of sp³-hybridized carbons (Fsp3) is 0.176. The molecule has 0 spiro atoms. The molecule has 0 radical (unpaired) electrons. The number of rotatable bonds is 3. The molecule has 2 aromatic heterocycles. The molecule has 0 atom stereocenters. The van der Waals surface area contributed by atoms with Crippen molar-refractivity contribution in [2.75, 3.05) is 5.73 Å². The number of nitrogens with two attached hydrogens (primary N) is 1. The van der Waals surface area contributed by atoms with Crippen LogP contribution in [0.25, 0.3) is 10.9 Å². The second kappa shape index (κ2) is 5.40.